The average Bonchev–Trinajstić information content (AvgIpc) is 3.76. The van der Waals surface area contributed by atoms with Crippen LogP contribution in [0.4, 0.5) is 0 Å². The summed E-state index contributed by atoms with van der Waals surface area (Å²) >= 11 is 0. The van der Waals surface area contributed by atoms with Gasteiger partial charge in [0.05, 0.1) is 11.2 Å². The minimum Gasteiger partial charge on any atom is -0.231 e. The summed E-state index contributed by atoms with van der Waals surface area (Å²) in [7, 11) is 0. The van der Waals surface area contributed by atoms with Crippen LogP contribution in [0.25, 0.3) is 106 Å². The molecule has 0 aliphatic carbocycles. The molecule has 5 heteroatoms. The lowest BCUT2D eigenvalue weighted by Gasteiger charge is -2.18. The maximum Gasteiger partial charge on any atom is 0.164 e. The molecule has 3 aromatic heterocycles. The van der Waals surface area contributed by atoms with Crippen molar-refractivity contribution in [3.63, 3.8) is 0 Å². The van der Waals surface area contributed by atoms with Crippen LogP contribution in [0.15, 0.2) is 224 Å². The van der Waals surface area contributed by atoms with E-state index in [1.165, 1.54) is 5.39 Å². The summed E-state index contributed by atoms with van der Waals surface area (Å²) < 4.78 is 2.19. The number of aromatic nitrogens is 5. The Kier molecular flexibility index (Phi) is 9.10. The lowest BCUT2D eigenvalue weighted by molar-refractivity contribution is 0.981. The molecule has 0 spiro atoms. The number of hydrogen-bond donors (Lipinski definition) is 0. The molecule has 3 heterocycles. The highest BCUT2D eigenvalue weighted by molar-refractivity contribution is 6.14. The molecule has 0 amide bonds. The van der Waals surface area contributed by atoms with E-state index in [9.17, 15) is 0 Å². The monoisotopic (exact) mass is 779 g/mol. The molecule has 0 saturated heterocycles. The Morgan fingerprint density at radius 2 is 0.689 bits per heavy atom. The number of rotatable bonds is 8. The fourth-order valence-electron chi connectivity index (χ4n) is 8.41. The van der Waals surface area contributed by atoms with Crippen molar-refractivity contribution in [2.24, 2.45) is 0 Å². The number of nitrogens with zero attached hydrogens (tertiary/aromatic N) is 5. The zero-order chi connectivity index (χ0) is 40.5. The van der Waals surface area contributed by atoms with Crippen molar-refractivity contribution in [1.29, 1.82) is 0 Å². The molecule has 0 fully saturated rings. The van der Waals surface area contributed by atoms with Gasteiger partial charge in [0.25, 0.3) is 0 Å². The summed E-state index contributed by atoms with van der Waals surface area (Å²) in [5.74, 6) is 1.91. The first-order chi connectivity index (χ1) is 30.3. The second-order valence-corrected chi connectivity index (χ2v) is 15.0. The van der Waals surface area contributed by atoms with Crippen LogP contribution in [0.2, 0.25) is 0 Å². The largest absolute Gasteiger partial charge is 0.231 e. The smallest absolute Gasteiger partial charge is 0.164 e. The fraction of sp³-hybridized carbons (Fsp3) is 0. The zero-order valence-electron chi connectivity index (χ0n) is 33.1. The highest BCUT2D eigenvalue weighted by Gasteiger charge is 2.25. The Morgan fingerprint density at radius 3 is 1.26 bits per heavy atom. The molecule has 0 unspecified atom stereocenters. The Balaban J connectivity index is 1.07. The first-order valence-corrected chi connectivity index (χ1v) is 20.5. The van der Waals surface area contributed by atoms with E-state index < -0.39 is 0 Å². The van der Waals surface area contributed by atoms with Crippen LogP contribution in [0.5, 0.6) is 0 Å². The molecule has 0 bridgehead atoms. The van der Waals surface area contributed by atoms with Gasteiger partial charge in [0.15, 0.2) is 17.5 Å². The first kappa shape index (κ1) is 35.8. The van der Waals surface area contributed by atoms with E-state index in [1.54, 1.807) is 0 Å². The number of benzene rings is 8. The summed E-state index contributed by atoms with van der Waals surface area (Å²) in [6.45, 7) is 0. The van der Waals surface area contributed by atoms with Gasteiger partial charge < -0.3 is 0 Å². The maximum atomic E-state index is 5.53. The Labute approximate surface area is 354 Å². The minimum absolute atomic E-state index is 0.627. The molecule has 0 atom stereocenters. The van der Waals surface area contributed by atoms with Crippen LogP contribution in [0, 0.1) is 0 Å². The highest BCUT2D eigenvalue weighted by atomic mass is 15.2. The van der Waals surface area contributed by atoms with Gasteiger partial charge in [-0.2, -0.15) is 5.10 Å². The molecule has 0 saturated carbocycles. The molecule has 0 aliphatic rings. The highest BCUT2D eigenvalue weighted by Crippen LogP contribution is 2.46. The van der Waals surface area contributed by atoms with Crippen molar-refractivity contribution >= 4 is 16.3 Å². The van der Waals surface area contributed by atoms with Gasteiger partial charge in [0, 0.05) is 44.3 Å². The van der Waals surface area contributed by atoms with E-state index in [-0.39, 0.29) is 0 Å². The quantitative estimate of drug-likeness (QED) is 0.154. The van der Waals surface area contributed by atoms with E-state index in [1.807, 2.05) is 60.7 Å². The topological polar surface area (TPSA) is 56.0 Å². The standard InChI is InChI=1S/C56H37N5/c1-6-19-39(20-7-1)50-51(41-21-8-2-9-22-41)60-61-52(42-23-10-3-11-24-42)49(47-31-16-17-32-48(47)53(50)61)40-35-33-38(34-36-40)45-29-18-30-46(37-45)56-58-54(43-25-12-4-13-26-43)57-55(59-56)44-27-14-5-15-28-44/h1-37H. The van der Waals surface area contributed by atoms with Gasteiger partial charge in [-0.3, -0.25) is 0 Å². The molecule has 11 rings (SSSR count). The molecule has 61 heavy (non-hydrogen) atoms. The van der Waals surface area contributed by atoms with Gasteiger partial charge in [0.1, 0.15) is 5.69 Å². The second kappa shape index (κ2) is 15.5. The molecule has 0 N–H and O–H groups in total. The Morgan fingerprint density at radius 1 is 0.279 bits per heavy atom. The van der Waals surface area contributed by atoms with Gasteiger partial charge in [0.2, 0.25) is 0 Å². The average molecular weight is 780 g/mol. The van der Waals surface area contributed by atoms with Crippen LogP contribution < -0.4 is 0 Å². The van der Waals surface area contributed by atoms with E-state index in [0.29, 0.717) is 17.5 Å². The van der Waals surface area contributed by atoms with E-state index >= 15 is 0 Å². The van der Waals surface area contributed by atoms with Crippen molar-refractivity contribution < 1.29 is 0 Å². The normalized spacial score (nSPS) is 11.3. The van der Waals surface area contributed by atoms with Gasteiger partial charge >= 0.3 is 0 Å². The number of fused-ring (bicyclic) bond motifs is 3. The molecule has 286 valence electrons. The molecule has 11 aromatic rings. The van der Waals surface area contributed by atoms with Crippen LogP contribution in [-0.4, -0.2) is 24.6 Å². The third kappa shape index (κ3) is 6.64. The summed E-state index contributed by atoms with van der Waals surface area (Å²) in [6.07, 6.45) is 0. The third-order valence-electron chi connectivity index (χ3n) is 11.3. The van der Waals surface area contributed by atoms with E-state index in [0.717, 1.165) is 83.5 Å². The number of hydrogen-bond acceptors (Lipinski definition) is 4. The van der Waals surface area contributed by atoms with Crippen molar-refractivity contribution in [2.45, 2.75) is 0 Å². The van der Waals surface area contributed by atoms with Gasteiger partial charge in [-0.15, -0.1) is 0 Å². The van der Waals surface area contributed by atoms with Crippen LogP contribution in [0.3, 0.4) is 0 Å². The maximum absolute atomic E-state index is 5.53. The predicted molar refractivity (Wildman–Crippen MR) is 250 cm³/mol. The lowest BCUT2D eigenvalue weighted by atomic mass is 9.90. The van der Waals surface area contributed by atoms with Gasteiger partial charge in [-0.25, -0.2) is 19.5 Å². The molecule has 0 radical (unpaired) electrons. The molecular weight excluding hydrogens is 743 g/mol. The Bertz CT molecular complexity index is 3250. The van der Waals surface area contributed by atoms with Crippen molar-refractivity contribution in [2.75, 3.05) is 0 Å². The molecule has 8 aromatic carbocycles. The molecular formula is C56H37N5. The van der Waals surface area contributed by atoms with Gasteiger partial charge in [-0.1, -0.05) is 218 Å². The van der Waals surface area contributed by atoms with Crippen molar-refractivity contribution in [1.82, 2.24) is 24.6 Å². The van der Waals surface area contributed by atoms with Crippen LogP contribution in [-0.2, 0) is 0 Å². The summed E-state index contributed by atoms with van der Waals surface area (Å²) in [4.78, 5) is 14.9. The fourth-order valence-corrected chi connectivity index (χ4v) is 8.41. The van der Waals surface area contributed by atoms with Crippen molar-refractivity contribution in [3.8, 4) is 90.1 Å². The van der Waals surface area contributed by atoms with E-state index in [4.69, 9.17) is 20.1 Å². The molecule has 0 aliphatic heterocycles. The van der Waals surface area contributed by atoms with Gasteiger partial charge in [-0.05, 0) is 33.7 Å². The number of pyridine rings is 1. The molecule has 5 nitrogen and oxygen atoms in total. The summed E-state index contributed by atoms with van der Waals surface area (Å²) in [6, 6.07) is 78.1. The SMILES string of the molecule is c1ccc(-c2nc(-c3ccccc3)nc(-c3cccc(-c4ccc(-c5c(-c6ccccc6)n6nc(-c7ccccc7)c(-c7ccccc7)c6c6ccccc56)cc4)c3)n2)cc1. The summed E-state index contributed by atoms with van der Waals surface area (Å²) in [5.41, 5.74) is 14.7. The second-order valence-electron chi connectivity index (χ2n) is 15.0. The van der Waals surface area contributed by atoms with E-state index in [2.05, 4.69) is 168 Å². The Hall–Kier alpha value is -8.28. The first-order valence-electron chi connectivity index (χ1n) is 20.5. The van der Waals surface area contributed by atoms with Crippen molar-refractivity contribution in [3.05, 3.63) is 224 Å². The zero-order valence-corrected chi connectivity index (χ0v) is 33.1. The summed E-state index contributed by atoms with van der Waals surface area (Å²) in [5, 5.41) is 7.84. The predicted octanol–water partition coefficient (Wildman–Crippen LogP) is 14.0. The lowest BCUT2D eigenvalue weighted by Crippen LogP contribution is -2.00. The minimum atomic E-state index is 0.627. The third-order valence-corrected chi connectivity index (χ3v) is 11.3. The van der Waals surface area contributed by atoms with Crippen LogP contribution in [0.1, 0.15) is 0 Å². The van der Waals surface area contributed by atoms with Crippen LogP contribution >= 0.6 is 0 Å².